The molecular weight excluding hydrogens is 178 g/mol. The van der Waals surface area contributed by atoms with Gasteiger partial charge in [0.05, 0.1) is 6.61 Å². The van der Waals surface area contributed by atoms with Gasteiger partial charge >= 0.3 is 0 Å². The highest BCUT2D eigenvalue weighted by atomic mass is 16.6. The summed E-state index contributed by atoms with van der Waals surface area (Å²) in [5.41, 5.74) is 0. The van der Waals surface area contributed by atoms with Gasteiger partial charge in [0.25, 0.3) is 0 Å². The average molecular weight is 201 g/mol. The number of hydrogen-bond acceptors (Lipinski definition) is 3. The Morgan fingerprint density at radius 2 is 1.79 bits per heavy atom. The first kappa shape index (κ1) is 12.0. The molecule has 0 aromatic rings. The predicted octanol–water partition coefficient (Wildman–Crippen LogP) is 1.61. The van der Waals surface area contributed by atoms with E-state index in [0.29, 0.717) is 0 Å². The van der Waals surface area contributed by atoms with Crippen molar-refractivity contribution in [3.63, 3.8) is 0 Å². The summed E-state index contributed by atoms with van der Waals surface area (Å²) >= 11 is 0. The largest absolute Gasteiger partial charge is 0.376 e. The molecule has 1 N–H and O–H groups in total. The Morgan fingerprint density at radius 3 is 2.14 bits per heavy atom. The number of rotatable bonds is 8. The molecular formula is C11H23NO2. The smallest absolute Gasteiger partial charge is 0.136 e. The van der Waals surface area contributed by atoms with Crippen molar-refractivity contribution in [2.75, 3.05) is 19.7 Å². The third kappa shape index (κ3) is 3.95. The molecule has 0 radical (unpaired) electrons. The zero-order valence-corrected chi connectivity index (χ0v) is 9.41. The summed E-state index contributed by atoms with van der Waals surface area (Å²) in [6.45, 7) is 7.08. The molecule has 0 bridgehead atoms. The van der Waals surface area contributed by atoms with Gasteiger partial charge in [-0.2, -0.15) is 0 Å². The molecule has 0 saturated carbocycles. The Hall–Kier alpha value is -0.120. The Bertz CT molecular complexity index is 140. The van der Waals surface area contributed by atoms with E-state index in [4.69, 9.17) is 4.74 Å². The summed E-state index contributed by atoms with van der Waals surface area (Å²) in [7, 11) is 0. The molecule has 1 heterocycles. The van der Waals surface area contributed by atoms with E-state index in [1.54, 1.807) is 0 Å². The second kappa shape index (κ2) is 6.38. The predicted molar refractivity (Wildman–Crippen MR) is 57.1 cm³/mol. The fraction of sp³-hybridized carbons (Fsp3) is 1.00. The number of unbranched alkanes of at least 4 members (excludes halogenated alkanes) is 2. The first-order valence-corrected chi connectivity index (χ1v) is 5.83. The van der Waals surface area contributed by atoms with Crippen LogP contribution >= 0.6 is 0 Å². The van der Waals surface area contributed by atoms with E-state index in [-0.39, 0.29) is 12.3 Å². The normalized spacial score (nSPS) is 22.7. The van der Waals surface area contributed by atoms with Crippen LogP contribution in [0.1, 0.15) is 39.5 Å². The van der Waals surface area contributed by atoms with Crippen LogP contribution in [-0.4, -0.2) is 42.0 Å². The van der Waals surface area contributed by atoms with Crippen LogP contribution in [0.15, 0.2) is 0 Å². The summed E-state index contributed by atoms with van der Waals surface area (Å²) in [5, 5.41) is 9.90. The molecule has 84 valence electrons. The van der Waals surface area contributed by atoms with Crippen molar-refractivity contribution in [3.8, 4) is 0 Å². The lowest BCUT2D eigenvalue weighted by Gasteiger charge is -2.26. The number of ether oxygens (including phenoxy) is 1. The topological polar surface area (TPSA) is 36.0 Å². The fourth-order valence-electron chi connectivity index (χ4n) is 1.56. The maximum Gasteiger partial charge on any atom is 0.136 e. The number of nitrogens with zero attached hydrogens (tertiary/aromatic N) is 1. The van der Waals surface area contributed by atoms with E-state index in [0.717, 1.165) is 32.5 Å². The molecule has 0 aromatic heterocycles. The van der Waals surface area contributed by atoms with E-state index in [9.17, 15) is 5.11 Å². The molecule has 1 aliphatic heterocycles. The monoisotopic (exact) mass is 201 g/mol. The molecule has 3 nitrogen and oxygen atoms in total. The molecule has 1 saturated heterocycles. The van der Waals surface area contributed by atoms with E-state index >= 15 is 0 Å². The number of aliphatic hydroxyl groups excluding tert-OH is 1. The minimum Gasteiger partial charge on any atom is -0.376 e. The van der Waals surface area contributed by atoms with Crippen molar-refractivity contribution in [2.45, 2.75) is 51.9 Å². The van der Waals surface area contributed by atoms with Gasteiger partial charge < -0.3 is 9.84 Å². The first-order chi connectivity index (χ1) is 6.79. The molecule has 1 rings (SSSR count). The highest BCUT2D eigenvalue weighted by molar-refractivity contribution is 4.79. The van der Waals surface area contributed by atoms with E-state index < -0.39 is 0 Å². The van der Waals surface area contributed by atoms with Gasteiger partial charge in [-0.05, 0) is 12.8 Å². The minimum atomic E-state index is -0.368. The Morgan fingerprint density at radius 1 is 1.29 bits per heavy atom. The minimum absolute atomic E-state index is 0.0868. The molecule has 2 unspecified atom stereocenters. The van der Waals surface area contributed by atoms with Gasteiger partial charge in [0.2, 0.25) is 0 Å². The van der Waals surface area contributed by atoms with Crippen molar-refractivity contribution in [1.29, 1.82) is 0 Å². The summed E-state index contributed by atoms with van der Waals surface area (Å²) in [6.07, 6.45) is 4.40. The maximum atomic E-state index is 9.90. The average Bonchev–Trinajstić information content (AvgIpc) is 3.00. The Balaban J connectivity index is 2.25. The van der Waals surface area contributed by atoms with Crippen molar-refractivity contribution in [3.05, 3.63) is 0 Å². The van der Waals surface area contributed by atoms with Crippen molar-refractivity contribution >= 4 is 0 Å². The quantitative estimate of drug-likeness (QED) is 0.479. The second-order valence-corrected chi connectivity index (χ2v) is 4.03. The molecule has 0 aromatic carbocycles. The SMILES string of the molecule is CCCCN(CCCC)C(O)C1CO1. The van der Waals surface area contributed by atoms with E-state index in [1.165, 1.54) is 12.8 Å². The van der Waals surface area contributed by atoms with Gasteiger partial charge in [0.15, 0.2) is 0 Å². The molecule has 0 amide bonds. The summed E-state index contributed by atoms with van der Waals surface area (Å²) in [5.74, 6) is 0. The third-order valence-electron chi connectivity index (χ3n) is 2.66. The van der Waals surface area contributed by atoms with Gasteiger partial charge in [0, 0.05) is 13.1 Å². The van der Waals surface area contributed by atoms with Gasteiger partial charge in [-0.3, -0.25) is 4.90 Å². The fourth-order valence-corrected chi connectivity index (χ4v) is 1.56. The van der Waals surface area contributed by atoms with Crippen molar-refractivity contribution in [2.24, 2.45) is 0 Å². The summed E-state index contributed by atoms with van der Waals surface area (Å²) in [4.78, 5) is 2.16. The zero-order valence-electron chi connectivity index (χ0n) is 9.41. The molecule has 1 aliphatic rings. The van der Waals surface area contributed by atoms with Crippen molar-refractivity contribution < 1.29 is 9.84 Å². The van der Waals surface area contributed by atoms with Crippen molar-refractivity contribution in [1.82, 2.24) is 4.90 Å². The van der Waals surface area contributed by atoms with Crippen LogP contribution in [0.2, 0.25) is 0 Å². The molecule has 2 atom stereocenters. The number of hydrogen-bond donors (Lipinski definition) is 1. The van der Waals surface area contributed by atoms with Crippen LogP contribution in [0.5, 0.6) is 0 Å². The van der Waals surface area contributed by atoms with Gasteiger partial charge in [-0.15, -0.1) is 0 Å². The maximum absolute atomic E-state index is 9.90. The molecule has 0 spiro atoms. The Labute approximate surface area is 87.1 Å². The van der Waals surface area contributed by atoms with Crippen LogP contribution in [0.4, 0.5) is 0 Å². The van der Waals surface area contributed by atoms with E-state index in [2.05, 4.69) is 18.7 Å². The van der Waals surface area contributed by atoms with Gasteiger partial charge in [-0.25, -0.2) is 0 Å². The zero-order chi connectivity index (χ0) is 10.4. The molecule has 3 heteroatoms. The lowest BCUT2D eigenvalue weighted by molar-refractivity contribution is -0.0176. The van der Waals surface area contributed by atoms with Crippen LogP contribution in [0.3, 0.4) is 0 Å². The molecule has 1 fully saturated rings. The van der Waals surface area contributed by atoms with Crippen LogP contribution in [0, 0.1) is 0 Å². The number of aliphatic hydroxyl groups is 1. The molecule has 14 heavy (non-hydrogen) atoms. The second-order valence-electron chi connectivity index (χ2n) is 4.03. The van der Waals surface area contributed by atoms with Crippen LogP contribution < -0.4 is 0 Å². The summed E-state index contributed by atoms with van der Waals surface area (Å²) in [6, 6.07) is 0. The summed E-state index contributed by atoms with van der Waals surface area (Å²) < 4.78 is 5.12. The molecule has 0 aliphatic carbocycles. The van der Waals surface area contributed by atoms with Crippen LogP contribution in [0.25, 0.3) is 0 Å². The lowest BCUT2D eigenvalue weighted by Crippen LogP contribution is -2.40. The Kier molecular flexibility index (Phi) is 5.45. The van der Waals surface area contributed by atoms with Gasteiger partial charge in [-0.1, -0.05) is 26.7 Å². The highest BCUT2D eigenvalue weighted by Crippen LogP contribution is 2.18. The lowest BCUT2D eigenvalue weighted by atomic mass is 10.2. The standard InChI is InChI=1S/C11H23NO2/c1-3-5-7-12(8-6-4-2)11(13)10-9-14-10/h10-11,13H,3-9H2,1-2H3. The van der Waals surface area contributed by atoms with Gasteiger partial charge in [0.1, 0.15) is 12.3 Å². The van der Waals surface area contributed by atoms with Crippen LogP contribution in [-0.2, 0) is 4.74 Å². The van der Waals surface area contributed by atoms with E-state index in [1.807, 2.05) is 0 Å². The first-order valence-electron chi connectivity index (χ1n) is 5.83. The number of epoxide rings is 1. The highest BCUT2D eigenvalue weighted by Gasteiger charge is 2.34. The third-order valence-corrected chi connectivity index (χ3v) is 2.66.